The molecule has 3 unspecified atom stereocenters. The molecule has 0 aromatic carbocycles. The van der Waals surface area contributed by atoms with Gasteiger partial charge in [-0.15, -0.1) is 0 Å². The number of hydrogen-bond acceptors (Lipinski definition) is 3. The molecule has 1 aliphatic heterocycles. The van der Waals surface area contributed by atoms with Gasteiger partial charge in [0.2, 0.25) is 5.91 Å². The van der Waals surface area contributed by atoms with Gasteiger partial charge in [-0.3, -0.25) is 9.69 Å². The van der Waals surface area contributed by atoms with E-state index in [1.165, 1.54) is 25.7 Å². The second-order valence-electron chi connectivity index (χ2n) is 7.93. The fraction of sp³-hybridized carbons (Fsp3) is 0.941. The van der Waals surface area contributed by atoms with E-state index in [0.717, 1.165) is 37.8 Å². The number of hydrogen-bond donors (Lipinski definition) is 2. The maximum absolute atomic E-state index is 12.7. The third kappa shape index (κ3) is 4.68. The van der Waals surface area contributed by atoms with E-state index < -0.39 is 0 Å². The van der Waals surface area contributed by atoms with E-state index in [9.17, 15) is 4.79 Å². The molecule has 2 fully saturated rings. The molecule has 3 N–H and O–H groups in total. The van der Waals surface area contributed by atoms with E-state index in [1.54, 1.807) is 0 Å². The van der Waals surface area contributed by atoms with Gasteiger partial charge in [-0.2, -0.15) is 0 Å². The van der Waals surface area contributed by atoms with Crippen molar-refractivity contribution in [3.05, 3.63) is 0 Å². The second-order valence-corrected chi connectivity index (χ2v) is 7.93. The van der Waals surface area contributed by atoms with Gasteiger partial charge in [0, 0.05) is 18.6 Å². The smallest absolute Gasteiger partial charge is 0.237 e. The third-order valence-electron chi connectivity index (χ3n) is 4.95. The first kappa shape index (κ1) is 16.8. The zero-order chi connectivity index (χ0) is 15.5. The molecule has 3 atom stereocenters. The lowest BCUT2D eigenvalue weighted by molar-refractivity contribution is -0.131. The maximum Gasteiger partial charge on any atom is 0.237 e. The quantitative estimate of drug-likeness (QED) is 0.835. The Morgan fingerprint density at radius 3 is 2.52 bits per heavy atom. The molecule has 0 aromatic heterocycles. The first-order valence-electron chi connectivity index (χ1n) is 8.67. The predicted molar refractivity (Wildman–Crippen MR) is 87.0 cm³/mol. The lowest BCUT2D eigenvalue weighted by Crippen LogP contribution is -2.57. The average Bonchev–Trinajstić information content (AvgIpc) is 2.42. The van der Waals surface area contributed by atoms with Gasteiger partial charge in [0.1, 0.15) is 0 Å². The Bertz CT molecular complexity index is 350. The largest absolute Gasteiger partial charge is 0.350 e. The minimum atomic E-state index is -0.153. The Balaban J connectivity index is 2.04. The normalized spacial score (nSPS) is 30.8. The number of piperidine rings is 1. The third-order valence-corrected chi connectivity index (χ3v) is 4.95. The minimum Gasteiger partial charge on any atom is -0.350 e. The number of rotatable bonds is 4. The number of carbonyl (C=O) groups is 1. The number of likely N-dealkylation sites (tertiary alicyclic amines) is 1. The van der Waals surface area contributed by atoms with Crippen LogP contribution in [0.3, 0.4) is 0 Å². The second kappa shape index (κ2) is 7.10. The van der Waals surface area contributed by atoms with Gasteiger partial charge in [-0.1, -0.05) is 19.3 Å². The lowest BCUT2D eigenvalue weighted by Gasteiger charge is -2.46. The summed E-state index contributed by atoms with van der Waals surface area (Å²) in [5, 5.41) is 3.18. The molecule has 2 aliphatic rings. The summed E-state index contributed by atoms with van der Waals surface area (Å²) in [4.78, 5) is 15.1. The predicted octanol–water partition coefficient (Wildman–Crippen LogP) is 2.13. The molecule has 1 heterocycles. The molecule has 0 aromatic rings. The van der Waals surface area contributed by atoms with Crippen LogP contribution in [0.2, 0.25) is 0 Å². The van der Waals surface area contributed by atoms with Crippen LogP contribution in [0.4, 0.5) is 0 Å². The summed E-state index contributed by atoms with van der Waals surface area (Å²) in [7, 11) is 0. The number of amides is 1. The van der Waals surface area contributed by atoms with Crippen LogP contribution in [0.25, 0.3) is 0 Å². The van der Waals surface area contributed by atoms with Gasteiger partial charge in [-0.05, 0) is 58.4 Å². The highest BCUT2D eigenvalue weighted by atomic mass is 16.2. The molecule has 1 aliphatic carbocycles. The molecule has 4 nitrogen and oxygen atoms in total. The fourth-order valence-corrected chi connectivity index (χ4v) is 3.97. The molecular weight excluding hydrogens is 262 g/mol. The highest BCUT2D eigenvalue weighted by Crippen LogP contribution is 2.38. The molecule has 1 saturated heterocycles. The number of carbonyl (C=O) groups excluding carboxylic acids is 1. The highest BCUT2D eigenvalue weighted by Gasteiger charge is 2.40. The maximum atomic E-state index is 12.7. The van der Waals surface area contributed by atoms with Crippen LogP contribution in [0.5, 0.6) is 0 Å². The Labute approximate surface area is 129 Å². The summed E-state index contributed by atoms with van der Waals surface area (Å²) >= 11 is 0. The van der Waals surface area contributed by atoms with Crippen LogP contribution >= 0.6 is 0 Å². The average molecular weight is 295 g/mol. The van der Waals surface area contributed by atoms with Crippen LogP contribution < -0.4 is 11.1 Å². The van der Waals surface area contributed by atoms with E-state index >= 15 is 0 Å². The summed E-state index contributed by atoms with van der Waals surface area (Å²) in [6, 6.07) is 0.0510. The Morgan fingerprint density at radius 2 is 1.90 bits per heavy atom. The van der Waals surface area contributed by atoms with Crippen LogP contribution in [0, 0.1) is 11.8 Å². The van der Waals surface area contributed by atoms with Crippen LogP contribution in [0.1, 0.15) is 59.3 Å². The van der Waals surface area contributed by atoms with Crippen molar-refractivity contribution in [2.45, 2.75) is 70.9 Å². The molecule has 2 rings (SSSR count). The fourth-order valence-electron chi connectivity index (χ4n) is 3.97. The summed E-state index contributed by atoms with van der Waals surface area (Å²) < 4.78 is 0. The lowest BCUT2D eigenvalue weighted by atomic mass is 9.72. The number of fused-ring (bicyclic) bond motifs is 1. The van der Waals surface area contributed by atoms with Crippen molar-refractivity contribution in [2.24, 2.45) is 17.6 Å². The molecular formula is C17H33N3O. The number of nitrogens with one attached hydrogen (secondary N) is 1. The molecule has 21 heavy (non-hydrogen) atoms. The van der Waals surface area contributed by atoms with Gasteiger partial charge in [0.15, 0.2) is 0 Å². The molecule has 0 spiro atoms. The van der Waals surface area contributed by atoms with Crippen molar-refractivity contribution >= 4 is 5.91 Å². The van der Waals surface area contributed by atoms with E-state index in [-0.39, 0.29) is 17.5 Å². The van der Waals surface area contributed by atoms with Gasteiger partial charge >= 0.3 is 0 Å². The van der Waals surface area contributed by atoms with Gasteiger partial charge in [-0.25, -0.2) is 0 Å². The van der Waals surface area contributed by atoms with Gasteiger partial charge in [0.05, 0.1) is 6.04 Å². The number of nitrogens with two attached hydrogens (primary N) is 1. The van der Waals surface area contributed by atoms with Crippen molar-refractivity contribution in [3.63, 3.8) is 0 Å². The topological polar surface area (TPSA) is 58.4 Å². The molecule has 1 amide bonds. The molecule has 1 saturated carbocycles. The van der Waals surface area contributed by atoms with E-state index in [1.807, 2.05) is 0 Å². The summed E-state index contributed by atoms with van der Waals surface area (Å²) in [6.07, 6.45) is 7.39. The Kier molecular flexibility index (Phi) is 5.67. The van der Waals surface area contributed by atoms with Gasteiger partial charge < -0.3 is 11.1 Å². The van der Waals surface area contributed by atoms with Crippen molar-refractivity contribution in [3.8, 4) is 0 Å². The van der Waals surface area contributed by atoms with Crippen molar-refractivity contribution in [2.75, 3.05) is 19.6 Å². The summed E-state index contributed by atoms with van der Waals surface area (Å²) in [5.74, 6) is 1.77. The summed E-state index contributed by atoms with van der Waals surface area (Å²) in [5.41, 5.74) is 5.52. The molecule has 4 heteroatoms. The zero-order valence-electron chi connectivity index (χ0n) is 14.0. The van der Waals surface area contributed by atoms with Crippen molar-refractivity contribution in [1.29, 1.82) is 0 Å². The highest BCUT2D eigenvalue weighted by molar-refractivity contribution is 5.82. The van der Waals surface area contributed by atoms with E-state index in [2.05, 4.69) is 31.0 Å². The first-order valence-corrected chi connectivity index (χ1v) is 8.67. The van der Waals surface area contributed by atoms with Crippen molar-refractivity contribution < 1.29 is 4.79 Å². The molecule has 0 radical (unpaired) electrons. The molecule has 0 bridgehead atoms. The Morgan fingerprint density at radius 1 is 1.24 bits per heavy atom. The van der Waals surface area contributed by atoms with Crippen LogP contribution in [0.15, 0.2) is 0 Å². The summed E-state index contributed by atoms with van der Waals surface area (Å²) in [6.45, 7) is 8.93. The molecule has 122 valence electrons. The van der Waals surface area contributed by atoms with Crippen LogP contribution in [-0.2, 0) is 4.79 Å². The van der Waals surface area contributed by atoms with E-state index in [0.29, 0.717) is 6.54 Å². The van der Waals surface area contributed by atoms with E-state index in [4.69, 9.17) is 5.73 Å². The monoisotopic (exact) mass is 295 g/mol. The Hall–Kier alpha value is -0.610. The van der Waals surface area contributed by atoms with Crippen LogP contribution in [-0.4, -0.2) is 42.0 Å². The zero-order valence-corrected chi connectivity index (χ0v) is 14.0. The number of nitrogens with zero attached hydrogens (tertiary/aromatic N) is 1. The van der Waals surface area contributed by atoms with Crippen molar-refractivity contribution in [1.82, 2.24) is 10.2 Å². The standard InChI is InChI=1S/C17H33N3O/c1-17(2,3)19-16(21)15-11-13-7-4-5-8-14(13)12-20(15)10-6-9-18/h13-15H,4-12,18H2,1-3H3,(H,19,21). The van der Waals surface area contributed by atoms with Gasteiger partial charge in [0.25, 0.3) is 0 Å². The first-order chi connectivity index (χ1) is 9.90. The SMILES string of the molecule is CC(C)(C)NC(=O)C1CC2CCCCC2CN1CCCN. The minimum absolute atomic E-state index is 0.0510.